The molecule has 0 N–H and O–H groups in total. The summed E-state index contributed by atoms with van der Waals surface area (Å²) in [6.45, 7) is 3.19. The average Bonchev–Trinajstić information content (AvgIpc) is 3.36. The molecule has 29 heavy (non-hydrogen) atoms. The van der Waals surface area contributed by atoms with Crippen LogP contribution in [-0.2, 0) is 20.7 Å². The van der Waals surface area contributed by atoms with E-state index in [2.05, 4.69) is 17.1 Å². The van der Waals surface area contributed by atoms with Crippen LogP contribution in [0.5, 0.6) is 0 Å². The lowest BCUT2D eigenvalue weighted by molar-refractivity contribution is -0.166. The lowest BCUT2D eigenvalue weighted by Crippen LogP contribution is -2.51. The molecule has 2 atom stereocenters. The van der Waals surface area contributed by atoms with Gasteiger partial charge in [0.15, 0.2) is 5.79 Å². The van der Waals surface area contributed by atoms with Gasteiger partial charge in [0.2, 0.25) is 5.91 Å². The fraction of sp³-hybridized carbons (Fsp3) is 0.591. The molecule has 0 aromatic heterocycles. The minimum atomic E-state index is -0.465. The zero-order valence-corrected chi connectivity index (χ0v) is 18.3. The molecule has 0 radical (unpaired) electrons. The van der Waals surface area contributed by atoms with E-state index in [4.69, 9.17) is 32.7 Å². The van der Waals surface area contributed by atoms with Crippen molar-refractivity contribution in [3.8, 4) is 0 Å². The van der Waals surface area contributed by atoms with Crippen LogP contribution in [0.2, 0.25) is 10.0 Å². The van der Waals surface area contributed by atoms with Crippen molar-refractivity contribution >= 4 is 29.1 Å². The predicted molar refractivity (Wildman–Crippen MR) is 114 cm³/mol. The highest BCUT2D eigenvalue weighted by Crippen LogP contribution is 2.38. The molecule has 1 spiro atoms. The second kappa shape index (κ2) is 8.94. The fourth-order valence-corrected chi connectivity index (χ4v) is 5.13. The molecule has 2 aliphatic heterocycles. The van der Waals surface area contributed by atoms with E-state index in [0.717, 1.165) is 44.3 Å². The number of nitrogens with zero attached hydrogens (tertiary/aromatic N) is 2. The van der Waals surface area contributed by atoms with Crippen LogP contribution in [-0.4, -0.2) is 66.9 Å². The van der Waals surface area contributed by atoms with Crippen molar-refractivity contribution in [3.05, 3.63) is 46.0 Å². The van der Waals surface area contributed by atoms with Gasteiger partial charge in [0.05, 0.1) is 29.7 Å². The summed E-state index contributed by atoms with van der Waals surface area (Å²) < 4.78 is 12.0. The first kappa shape index (κ1) is 21.1. The van der Waals surface area contributed by atoms with E-state index >= 15 is 0 Å². The van der Waals surface area contributed by atoms with Crippen LogP contribution in [0, 0.1) is 0 Å². The zero-order chi connectivity index (χ0) is 20.4. The van der Waals surface area contributed by atoms with Crippen molar-refractivity contribution in [3.63, 3.8) is 0 Å². The molecule has 1 amide bonds. The minimum absolute atomic E-state index is 0.0924. The number of rotatable bonds is 4. The van der Waals surface area contributed by atoms with Crippen molar-refractivity contribution in [1.82, 2.24) is 9.80 Å². The summed E-state index contributed by atoms with van der Waals surface area (Å²) in [4.78, 5) is 17.5. The second-order valence-electron chi connectivity index (χ2n) is 8.17. The number of hydrogen-bond donors (Lipinski definition) is 0. The number of benzene rings is 1. The molecule has 2 unspecified atom stereocenters. The van der Waals surface area contributed by atoms with Crippen LogP contribution in [0.25, 0.3) is 0 Å². The molecule has 4 rings (SSSR count). The smallest absolute Gasteiger partial charge is 0.227 e. The number of carbonyl (C=O) groups is 1. The van der Waals surface area contributed by atoms with Crippen LogP contribution in [0.3, 0.4) is 0 Å². The van der Waals surface area contributed by atoms with E-state index in [9.17, 15) is 4.79 Å². The summed E-state index contributed by atoms with van der Waals surface area (Å²) in [7, 11) is 1.93. The summed E-state index contributed by atoms with van der Waals surface area (Å²) in [6.07, 6.45) is 8.24. The van der Waals surface area contributed by atoms with Gasteiger partial charge in [-0.05, 0) is 30.5 Å². The van der Waals surface area contributed by atoms with Gasteiger partial charge in [0.25, 0.3) is 0 Å². The molecule has 2 heterocycles. The Hall–Kier alpha value is -1.11. The molecule has 2 fully saturated rings. The van der Waals surface area contributed by atoms with Gasteiger partial charge in [-0.1, -0.05) is 41.4 Å². The summed E-state index contributed by atoms with van der Waals surface area (Å²) >= 11 is 12.1. The Morgan fingerprint density at radius 2 is 1.83 bits per heavy atom. The first-order chi connectivity index (χ1) is 14.0. The zero-order valence-electron chi connectivity index (χ0n) is 16.8. The first-order valence-corrected chi connectivity index (χ1v) is 11.1. The molecule has 1 aromatic carbocycles. The molecule has 1 saturated heterocycles. The Morgan fingerprint density at radius 1 is 1.14 bits per heavy atom. The Bertz CT molecular complexity index is 771. The van der Waals surface area contributed by atoms with Crippen LogP contribution in [0.15, 0.2) is 30.4 Å². The Kier molecular flexibility index (Phi) is 6.52. The number of carbonyl (C=O) groups excluding carboxylic acids is 1. The van der Waals surface area contributed by atoms with E-state index < -0.39 is 5.79 Å². The topological polar surface area (TPSA) is 42.0 Å². The van der Waals surface area contributed by atoms with Gasteiger partial charge in [-0.2, -0.15) is 0 Å². The van der Waals surface area contributed by atoms with Gasteiger partial charge in [-0.3, -0.25) is 9.69 Å². The van der Waals surface area contributed by atoms with Gasteiger partial charge in [-0.25, -0.2) is 0 Å². The second-order valence-corrected chi connectivity index (χ2v) is 8.99. The molecule has 7 heteroatoms. The molecule has 158 valence electrons. The van der Waals surface area contributed by atoms with E-state index in [1.54, 1.807) is 12.1 Å². The number of amides is 1. The van der Waals surface area contributed by atoms with E-state index in [0.29, 0.717) is 35.7 Å². The monoisotopic (exact) mass is 438 g/mol. The fourth-order valence-electron chi connectivity index (χ4n) is 4.81. The van der Waals surface area contributed by atoms with Crippen molar-refractivity contribution in [2.45, 2.75) is 50.0 Å². The maximum absolute atomic E-state index is 13.1. The first-order valence-electron chi connectivity index (χ1n) is 10.3. The largest absolute Gasteiger partial charge is 0.348 e. The SMILES string of the molecule is CN(C(=O)Cc1ccc(Cl)c(Cl)c1)C1CCC2(CCC1N1CC=CC1)OCCO2. The summed E-state index contributed by atoms with van der Waals surface area (Å²) in [5.41, 5.74) is 0.878. The molecule has 1 aromatic rings. The maximum atomic E-state index is 13.1. The van der Waals surface area contributed by atoms with Crippen LogP contribution >= 0.6 is 23.2 Å². The third kappa shape index (κ3) is 4.64. The van der Waals surface area contributed by atoms with E-state index in [-0.39, 0.29) is 11.9 Å². The molecule has 1 saturated carbocycles. The third-order valence-electron chi connectivity index (χ3n) is 6.45. The quantitative estimate of drug-likeness (QED) is 0.667. The highest BCUT2D eigenvalue weighted by molar-refractivity contribution is 6.42. The number of halogens is 2. The van der Waals surface area contributed by atoms with Crippen molar-refractivity contribution in [1.29, 1.82) is 0 Å². The number of ether oxygens (including phenoxy) is 2. The Labute approximate surface area is 182 Å². The normalized spacial score (nSPS) is 26.7. The standard InChI is InChI=1S/C22H28Cl2N2O3/c1-25(21(27)15-16-4-5-17(23)18(24)14-16)19-6-8-22(28-12-13-29-22)9-7-20(19)26-10-2-3-11-26/h2-5,14,19-20H,6-13,15H2,1H3. The van der Waals surface area contributed by atoms with E-state index in [1.807, 2.05) is 18.0 Å². The van der Waals surface area contributed by atoms with Gasteiger partial charge >= 0.3 is 0 Å². The third-order valence-corrected chi connectivity index (χ3v) is 7.18. The summed E-state index contributed by atoms with van der Waals surface area (Å²) in [6, 6.07) is 5.80. The van der Waals surface area contributed by atoms with Gasteiger partial charge < -0.3 is 14.4 Å². The highest BCUT2D eigenvalue weighted by atomic mass is 35.5. The highest BCUT2D eigenvalue weighted by Gasteiger charge is 2.44. The molecule has 1 aliphatic carbocycles. The predicted octanol–water partition coefficient (Wildman–Crippen LogP) is 3.92. The summed E-state index contributed by atoms with van der Waals surface area (Å²) in [5.74, 6) is -0.372. The van der Waals surface area contributed by atoms with Crippen LogP contribution in [0.4, 0.5) is 0 Å². The molecule has 0 bridgehead atoms. The Balaban J connectivity index is 1.50. The van der Waals surface area contributed by atoms with Crippen LogP contribution < -0.4 is 0 Å². The van der Waals surface area contributed by atoms with Gasteiger partial charge in [-0.15, -0.1) is 0 Å². The lowest BCUT2D eigenvalue weighted by Gasteiger charge is -2.38. The minimum Gasteiger partial charge on any atom is -0.348 e. The average molecular weight is 439 g/mol. The molecule has 3 aliphatic rings. The number of likely N-dealkylation sites (N-methyl/N-ethyl adjacent to an activating group) is 1. The van der Waals surface area contributed by atoms with Gasteiger partial charge in [0, 0.05) is 45.1 Å². The summed E-state index contributed by atoms with van der Waals surface area (Å²) in [5, 5.41) is 0.982. The van der Waals surface area contributed by atoms with Gasteiger partial charge in [0.1, 0.15) is 0 Å². The molecular formula is C22H28Cl2N2O3. The van der Waals surface area contributed by atoms with Crippen molar-refractivity contribution < 1.29 is 14.3 Å². The molecular weight excluding hydrogens is 411 g/mol. The maximum Gasteiger partial charge on any atom is 0.227 e. The van der Waals surface area contributed by atoms with Crippen LogP contribution in [0.1, 0.15) is 31.2 Å². The molecule has 5 nitrogen and oxygen atoms in total. The lowest BCUT2D eigenvalue weighted by atomic mass is 9.99. The van der Waals surface area contributed by atoms with E-state index in [1.165, 1.54) is 0 Å². The van der Waals surface area contributed by atoms with Crippen molar-refractivity contribution in [2.24, 2.45) is 0 Å². The Morgan fingerprint density at radius 3 is 2.52 bits per heavy atom. The number of hydrogen-bond acceptors (Lipinski definition) is 4. The van der Waals surface area contributed by atoms with Crippen molar-refractivity contribution in [2.75, 3.05) is 33.4 Å².